The van der Waals surface area contributed by atoms with E-state index in [1.807, 2.05) is 6.07 Å². The molecule has 0 spiro atoms. The quantitative estimate of drug-likeness (QED) is 0.869. The Morgan fingerprint density at radius 2 is 2.16 bits per heavy atom. The Hall–Kier alpha value is -1.55. The second-order valence-electron chi connectivity index (χ2n) is 5.87. The maximum absolute atomic E-state index is 11.3. The highest BCUT2D eigenvalue weighted by Gasteiger charge is 2.27. The Labute approximate surface area is 114 Å². The number of nitrogens with two attached hydrogens (primary N) is 1. The number of hydrogen-bond donors (Lipinski definition) is 2. The Bertz CT molecular complexity index is 494. The van der Waals surface area contributed by atoms with Gasteiger partial charge < -0.3 is 16.0 Å². The summed E-state index contributed by atoms with van der Waals surface area (Å²) in [7, 11) is 2.13. The first-order chi connectivity index (χ1) is 9.11. The predicted octanol–water partition coefficient (Wildman–Crippen LogP) is 1.74. The SMILES string of the molecule is CN(CC1CC(N)C1)c1ccc2c(c1)CCC(=O)N2. The van der Waals surface area contributed by atoms with Crippen molar-refractivity contribution in [1.29, 1.82) is 0 Å². The van der Waals surface area contributed by atoms with Gasteiger partial charge in [-0.05, 0) is 48.9 Å². The molecule has 102 valence electrons. The number of nitrogens with one attached hydrogen (secondary N) is 1. The van der Waals surface area contributed by atoms with E-state index in [0.29, 0.717) is 12.5 Å². The van der Waals surface area contributed by atoms with Gasteiger partial charge in [-0.25, -0.2) is 0 Å². The van der Waals surface area contributed by atoms with Crippen molar-refractivity contribution in [1.82, 2.24) is 0 Å². The average Bonchev–Trinajstić information content (AvgIpc) is 2.36. The van der Waals surface area contributed by atoms with Crippen molar-refractivity contribution >= 4 is 17.3 Å². The number of hydrogen-bond acceptors (Lipinski definition) is 3. The van der Waals surface area contributed by atoms with E-state index >= 15 is 0 Å². The van der Waals surface area contributed by atoms with Crippen LogP contribution in [0.25, 0.3) is 0 Å². The van der Waals surface area contributed by atoms with Crippen LogP contribution in [-0.4, -0.2) is 25.5 Å². The Balaban J connectivity index is 1.69. The third-order valence-corrected chi connectivity index (χ3v) is 4.23. The fourth-order valence-electron chi connectivity index (χ4n) is 3.04. The molecule has 3 rings (SSSR count). The van der Waals surface area contributed by atoms with E-state index in [4.69, 9.17) is 5.73 Å². The smallest absolute Gasteiger partial charge is 0.224 e. The Morgan fingerprint density at radius 3 is 2.89 bits per heavy atom. The number of fused-ring (bicyclic) bond motifs is 1. The molecular formula is C15H21N3O. The molecule has 0 unspecified atom stereocenters. The van der Waals surface area contributed by atoms with Gasteiger partial charge in [-0.3, -0.25) is 4.79 Å². The fourth-order valence-corrected chi connectivity index (χ4v) is 3.04. The molecule has 1 saturated carbocycles. The summed E-state index contributed by atoms with van der Waals surface area (Å²) in [6.07, 6.45) is 3.73. The standard InChI is InChI=1S/C15H21N3O/c1-18(9-10-6-12(16)7-10)13-3-4-14-11(8-13)2-5-15(19)17-14/h3-4,8,10,12H,2,5-7,9,16H2,1H3,(H,17,19). The van der Waals surface area contributed by atoms with Gasteiger partial charge in [0.25, 0.3) is 0 Å². The summed E-state index contributed by atoms with van der Waals surface area (Å²) in [5, 5.41) is 2.92. The molecule has 1 heterocycles. The van der Waals surface area contributed by atoms with E-state index in [-0.39, 0.29) is 5.91 Å². The number of aryl methyl sites for hydroxylation is 1. The zero-order valence-electron chi connectivity index (χ0n) is 11.4. The second kappa shape index (κ2) is 4.85. The number of nitrogens with zero attached hydrogens (tertiary/aromatic N) is 1. The maximum atomic E-state index is 11.3. The molecule has 1 aromatic rings. The lowest BCUT2D eigenvalue weighted by atomic mass is 9.80. The molecule has 0 aromatic heterocycles. The van der Waals surface area contributed by atoms with Gasteiger partial charge in [-0.1, -0.05) is 0 Å². The van der Waals surface area contributed by atoms with Crippen LogP contribution in [0.1, 0.15) is 24.8 Å². The largest absolute Gasteiger partial charge is 0.374 e. The number of carbonyl (C=O) groups is 1. The highest BCUT2D eigenvalue weighted by Crippen LogP contribution is 2.30. The third-order valence-electron chi connectivity index (χ3n) is 4.23. The van der Waals surface area contributed by atoms with Crippen LogP contribution in [0.4, 0.5) is 11.4 Å². The molecule has 0 atom stereocenters. The molecule has 0 saturated heterocycles. The number of amides is 1. The minimum atomic E-state index is 0.122. The van der Waals surface area contributed by atoms with Gasteiger partial charge >= 0.3 is 0 Å². The molecule has 4 heteroatoms. The molecular weight excluding hydrogens is 238 g/mol. The molecule has 0 bridgehead atoms. The van der Waals surface area contributed by atoms with E-state index in [2.05, 4.69) is 29.4 Å². The van der Waals surface area contributed by atoms with Gasteiger partial charge in [0.15, 0.2) is 0 Å². The number of benzene rings is 1. The summed E-state index contributed by atoms with van der Waals surface area (Å²) < 4.78 is 0. The lowest BCUT2D eigenvalue weighted by Crippen LogP contribution is -2.41. The van der Waals surface area contributed by atoms with Crippen LogP contribution >= 0.6 is 0 Å². The van der Waals surface area contributed by atoms with E-state index in [9.17, 15) is 4.79 Å². The molecule has 1 aromatic carbocycles. The number of anilines is 2. The molecule has 1 amide bonds. The molecule has 3 N–H and O–H groups in total. The van der Waals surface area contributed by atoms with Crippen LogP contribution < -0.4 is 16.0 Å². The van der Waals surface area contributed by atoms with E-state index < -0.39 is 0 Å². The minimum absolute atomic E-state index is 0.122. The first-order valence-electron chi connectivity index (χ1n) is 7.01. The second-order valence-corrected chi connectivity index (χ2v) is 5.87. The number of rotatable bonds is 3. The lowest BCUT2D eigenvalue weighted by molar-refractivity contribution is -0.116. The summed E-state index contributed by atoms with van der Waals surface area (Å²) in [4.78, 5) is 13.6. The van der Waals surface area contributed by atoms with Crippen LogP contribution in [0, 0.1) is 5.92 Å². The number of carbonyl (C=O) groups excluding carboxylic acids is 1. The van der Waals surface area contributed by atoms with Crippen molar-refractivity contribution in [3.8, 4) is 0 Å². The van der Waals surface area contributed by atoms with E-state index in [1.165, 1.54) is 11.3 Å². The highest BCUT2D eigenvalue weighted by atomic mass is 16.1. The molecule has 1 fully saturated rings. The van der Waals surface area contributed by atoms with Crippen molar-refractivity contribution in [3.63, 3.8) is 0 Å². The van der Waals surface area contributed by atoms with Crippen LogP contribution in [0.5, 0.6) is 0 Å². The third kappa shape index (κ3) is 2.59. The van der Waals surface area contributed by atoms with E-state index in [0.717, 1.165) is 37.4 Å². The molecule has 2 aliphatic rings. The van der Waals surface area contributed by atoms with Gasteiger partial charge in [-0.15, -0.1) is 0 Å². The Morgan fingerprint density at radius 1 is 1.37 bits per heavy atom. The molecule has 4 nitrogen and oxygen atoms in total. The Kier molecular flexibility index (Phi) is 3.19. The fraction of sp³-hybridized carbons (Fsp3) is 0.533. The van der Waals surface area contributed by atoms with Gasteiger partial charge in [0.2, 0.25) is 5.91 Å². The van der Waals surface area contributed by atoms with Crippen LogP contribution in [0.2, 0.25) is 0 Å². The normalized spacial score (nSPS) is 25.3. The van der Waals surface area contributed by atoms with Gasteiger partial charge in [0, 0.05) is 37.4 Å². The first kappa shape index (κ1) is 12.5. The molecule has 1 aliphatic carbocycles. The van der Waals surface area contributed by atoms with Crippen LogP contribution in [0.15, 0.2) is 18.2 Å². The van der Waals surface area contributed by atoms with Crippen molar-refractivity contribution in [2.24, 2.45) is 11.7 Å². The van der Waals surface area contributed by atoms with Crippen molar-refractivity contribution in [2.45, 2.75) is 31.7 Å². The lowest BCUT2D eigenvalue weighted by Gasteiger charge is -2.36. The monoisotopic (exact) mass is 259 g/mol. The van der Waals surface area contributed by atoms with Gasteiger partial charge in [0.1, 0.15) is 0 Å². The molecule has 19 heavy (non-hydrogen) atoms. The maximum Gasteiger partial charge on any atom is 0.224 e. The zero-order chi connectivity index (χ0) is 13.4. The zero-order valence-corrected chi connectivity index (χ0v) is 11.4. The topological polar surface area (TPSA) is 58.4 Å². The summed E-state index contributed by atoms with van der Waals surface area (Å²) in [5.41, 5.74) is 9.28. The van der Waals surface area contributed by atoms with Gasteiger partial charge in [-0.2, -0.15) is 0 Å². The van der Waals surface area contributed by atoms with Crippen LogP contribution in [0.3, 0.4) is 0 Å². The van der Waals surface area contributed by atoms with Crippen molar-refractivity contribution < 1.29 is 4.79 Å². The predicted molar refractivity (Wildman–Crippen MR) is 77.4 cm³/mol. The van der Waals surface area contributed by atoms with E-state index in [1.54, 1.807) is 0 Å². The molecule has 0 radical (unpaired) electrons. The summed E-state index contributed by atoms with van der Waals surface area (Å²) >= 11 is 0. The summed E-state index contributed by atoms with van der Waals surface area (Å²) in [5.74, 6) is 0.854. The summed E-state index contributed by atoms with van der Waals surface area (Å²) in [6.45, 7) is 1.07. The summed E-state index contributed by atoms with van der Waals surface area (Å²) in [6, 6.07) is 6.72. The minimum Gasteiger partial charge on any atom is -0.374 e. The highest BCUT2D eigenvalue weighted by molar-refractivity contribution is 5.94. The molecule has 1 aliphatic heterocycles. The first-order valence-corrected chi connectivity index (χ1v) is 7.01. The van der Waals surface area contributed by atoms with Crippen LogP contribution in [-0.2, 0) is 11.2 Å². The average molecular weight is 259 g/mol. The van der Waals surface area contributed by atoms with Crippen molar-refractivity contribution in [2.75, 3.05) is 23.8 Å². The van der Waals surface area contributed by atoms with Crippen molar-refractivity contribution in [3.05, 3.63) is 23.8 Å². The van der Waals surface area contributed by atoms with Gasteiger partial charge in [0.05, 0.1) is 0 Å².